The Morgan fingerprint density at radius 3 is 2.28 bits per heavy atom. The highest BCUT2D eigenvalue weighted by atomic mass is 16.3. The molecule has 0 aliphatic heterocycles. The Kier molecular flexibility index (Phi) is 9.58. The minimum Gasteiger partial charge on any atom is -0.393 e. The van der Waals surface area contributed by atoms with E-state index in [1.807, 2.05) is 36.4 Å². The largest absolute Gasteiger partial charge is 0.393 e. The summed E-state index contributed by atoms with van der Waals surface area (Å²) in [6.07, 6.45) is 14.8. The predicted molar refractivity (Wildman–Crippen MR) is 198 cm³/mol. The van der Waals surface area contributed by atoms with Crippen molar-refractivity contribution in [1.29, 1.82) is 0 Å². The summed E-state index contributed by atoms with van der Waals surface area (Å²) in [5, 5.41) is 17.4. The van der Waals surface area contributed by atoms with Crippen LogP contribution in [0.15, 0.2) is 48.5 Å². The van der Waals surface area contributed by atoms with Crippen LogP contribution in [0.4, 0.5) is 0 Å². The molecular formula is C44H60N2O4. The molecule has 270 valence electrons. The lowest BCUT2D eigenvalue weighted by Gasteiger charge is -2.69. The first kappa shape index (κ1) is 35.4. The van der Waals surface area contributed by atoms with Crippen molar-refractivity contribution in [2.45, 2.75) is 117 Å². The molecule has 6 nitrogen and oxygen atoms in total. The van der Waals surface area contributed by atoms with E-state index < -0.39 is 0 Å². The minimum absolute atomic E-state index is 0.0164. The molecule has 0 aromatic heterocycles. The number of carbonyl (C=O) groups is 3. The van der Waals surface area contributed by atoms with Crippen LogP contribution in [-0.4, -0.2) is 42.4 Å². The highest BCUT2D eigenvalue weighted by Gasteiger charge is 2.67. The van der Waals surface area contributed by atoms with Crippen molar-refractivity contribution in [1.82, 2.24) is 10.6 Å². The number of benzene rings is 2. The molecule has 9 unspecified atom stereocenters. The number of hydrogen-bond acceptors (Lipinski definition) is 4. The van der Waals surface area contributed by atoms with Crippen LogP contribution >= 0.6 is 0 Å². The zero-order valence-corrected chi connectivity index (χ0v) is 30.9. The maximum Gasteiger partial charge on any atom is 0.251 e. The van der Waals surface area contributed by atoms with Gasteiger partial charge in [0, 0.05) is 24.2 Å². The lowest BCUT2D eigenvalue weighted by Crippen LogP contribution is -2.63. The molecule has 0 saturated heterocycles. The first-order valence-electron chi connectivity index (χ1n) is 19.8. The number of carbonyl (C=O) groups excluding carboxylic acids is 3. The van der Waals surface area contributed by atoms with Crippen molar-refractivity contribution in [3.63, 3.8) is 0 Å². The summed E-state index contributed by atoms with van der Waals surface area (Å²) in [5.74, 6) is 3.32. The second-order valence-corrected chi connectivity index (χ2v) is 18.1. The van der Waals surface area contributed by atoms with Crippen LogP contribution in [0.5, 0.6) is 0 Å². The zero-order valence-electron chi connectivity index (χ0n) is 30.9. The maximum absolute atomic E-state index is 14.2. The van der Waals surface area contributed by atoms with E-state index in [4.69, 9.17) is 0 Å². The Balaban J connectivity index is 0.953. The fourth-order valence-electron chi connectivity index (χ4n) is 13.1. The van der Waals surface area contributed by atoms with Crippen molar-refractivity contribution in [3.05, 3.63) is 70.8 Å². The summed E-state index contributed by atoms with van der Waals surface area (Å²) in [7, 11) is 0. The third-order valence-electron chi connectivity index (χ3n) is 15.6. The van der Waals surface area contributed by atoms with Gasteiger partial charge in [0.05, 0.1) is 11.5 Å². The van der Waals surface area contributed by atoms with E-state index in [1.54, 1.807) is 12.1 Å². The van der Waals surface area contributed by atoms with Gasteiger partial charge in [-0.25, -0.2) is 0 Å². The normalized spacial score (nSPS) is 37.0. The van der Waals surface area contributed by atoms with Crippen molar-refractivity contribution >= 4 is 18.1 Å². The van der Waals surface area contributed by atoms with Gasteiger partial charge in [0.15, 0.2) is 0 Å². The summed E-state index contributed by atoms with van der Waals surface area (Å²) in [6, 6.07) is 15.2. The molecule has 0 heterocycles. The molecule has 2 amide bonds. The number of fused-ring (bicyclic) bond motifs is 7. The number of aliphatic hydroxyl groups is 1. The van der Waals surface area contributed by atoms with Crippen molar-refractivity contribution in [2.24, 2.45) is 51.2 Å². The van der Waals surface area contributed by atoms with Gasteiger partial charge in [-0.3, -0.25) is 14.4 Å². The van der Waals surface area contributed by atoms with E-state index in [2.05, 4.69) is 38.3 Å². The Bertz CT molecular complexity index is 1580. The minimum atomic E-state index is -0.225. The van der Waals surface area contributed by atoms with Gasteiger partial charge in [-0.05, 0) is 146 Å². The summed E-state index contributed by atoms with van der Waals surface area (Å²) in [5.41, 5.74) is 3.80. The van der Waals surface area contributed by atoms with Gasteiger partial charge in [-0.2, -0.15) is 0 Å². The van der Waals surface area contributed by atoms with Gasteiger partial charge >= 0.3 is 0 Å². The first-order chi connectivity index (χ1) is 23.9. The molecule has 3 N–H and O–H groups in total. The highest BCUT2D eigenvalue weighted by molar-refractivity contribution is 5.94. The van der Waals surface area contributed by atoms with Gasteiger partial charge in [0.25, 0.3) is 5.91 Å². The number of nitrogens with one attached hydrogen (secondary N) is 2. The fraction of sp³-hybridized carbons (Fsp3) is 0.659. The average Bonchev–Trinajstić information content (AvgIpc) is 3.56. The van der Waals surface area contributed by atoms with Crippen LogP contribution < -0.4 is 10.6 Å². The molecule has 0 bridgehead atoms. The third kappa shape index (κ3) is 5.95. The van der Waals surface area contributed by atoms with Crippen LogP contribution in [0.3, 0.4) is 0 Å². The number of aldehydes is 1. The standard InChI is InChI=1S/C44H60N2O4/c1-41(2)36-17-22-42(3)34-16-24-44(21-6-9-35(44)33(34)14-15-37(42)43(36,4)23-18-38(41)48)40(50)46-26-20-30-7-5-8-32(27-30)39(49)45-25-19-29-10-12-31(28-47)13-11-29/h5,7-8,10-13,27-28,33-38,48H,6,9,14-26H2,1-4H3,(H,45,49)(H,46,50). The molecule has 5 aliphatic rings. The van der Waals surface area contributed by atoms with Crippen LogP contribution in [0.2, 0.25) is 0 Å². The molecule has 0 radical (unpaired) electrons. The highest BCUT2D eigenvalue weighted by Crippen LogP contribution is 2.73. The second kappa shape index (κ2) is 13.5. The molecule has 2 aromatic carbocycles. The van der Waals surface area contributed by atoms with Crippen LogP contribution in [-0.2, 0) is 17.6 Å². The predicted octanol–water partition coefficient (Wildman–Crippen LogP) is 7.96. The molecule has 50 heavy (non-hydrogen) atoms. The van der Waals surface area contributed by atoms with Crippen LogP contribution in [0.1, 0.15) is 130 Å². The molecule has 5 saturated carbocycles. The van der Waals surface area contributed by atoms with E-state index in [0.717, 1.165) is 49.5 Å². The summed E-state index contributed by atoms with van der Waals surface area (Å²) in [4.78, 5) is 38.0. The third-order valence-corrected chi connectivity index (χ3v) is 15.6. The second-order valence-electron chi connectivity index (χ2n) is 18.1. The summed E-state index contributed by atoms with van der Waals surface area (Å²) < 4.78 is 0. The quantitative estimate of drug-likeness (QED) is 0.234. The molecule has 5 aliphatic carbocycles. The Hall–Kier alpha value is -2.99. The SMILES string of the molecule is CC1(C)C(O)CCC2(C)C1CCC1(C)C3CCC4(C(=O)NCCc5cccc(C(=O)NCCc6ccc(C=O)cc6)c5)CCCC4C3CCC12. The fourth-order valence-corrected chi connectivity index (χ4v) is 13.1. The smallest absolute Gasteiger partial charge is 0.251 e. The lowest BCUT2D eigenvalue weighted by atomic mass is 9.36. The van der Waals surface area contributed by atoms with E-state index >= 15 is 0 Å². The lowest BCUT2D eigenvalue weighted by molar-refractivity contribution is -0.214. The molecule has 9 atom stereocenters. The van der Waals surface area contributed by atoms with E-state index in [1.165, 1.54) is 38.5 Å². The van der Waals surface area contributed by atoms with E-state index in [9.17, 15) is 19.5 Å². The van der Waals surface area contributed by atoms with Gasteiger partial charge in [0.1, 0.15) is 6.29 Å². The van der Waals surface area contributed by atoms with E-state index in [0.29, 0.717) is 77.5 Å². The van der Waals surface area contributed by atoms with Crippen molar-refractivity contribution in [3.8, 4) is 0 Å². The van der Waals surface area contributed by atoms with Gasteiger partial charge in [-0.15, -0.1) is 0 Å². The Morgan fingerprint density at radius 2 is 1.50 bits per heavy atom. The molecule has 6 heteroatoms. The zero-order chi connectivity index (χ0) is 35.3. The topological polar surface area (TPSA) is 95.5 Å². The monoisotopic (exact) mass is 680 g/mol. The number of amides is 2. The van der Waals surface area contributed by atoms with Crippen molar-refractivity contribution in [2.75, 3.05) is 13.1 Å². The number of aliphatic hydroxyl groups excluding tert-OH is 1. The molecule has 7 rings (SSSR count). The summed E-state index contributed by atoms with van der Waals surface area (Å²) >= 11 is 0. The van der Waals surface area contributed by atoms with Crippen LogP contribution in [0.25, 0.3) is 0 Å². The Labute approximate surface area is 300 Å². The van der Waals surface area contributed by atoms with Crippen LogP contribution in [0, 0.1) is 51.2 Å². The maximum atomic E-state index is 14.2. The number of hydrogen-bond donors (Lipinski definition) is 3. The molecule has 2 aromatic rings. The average molecular weight is 681 g/mol. The number of rotatable bonds is 9. The van der Waals surface area contributed by atoms with Gasteiger partial charge < -0.3 is 15.7 Å². The van der Waals surface area contributed by atoms with Crippen molar-refractivity contribution < 1.29 is 19.5 Å². The molecular weight excluding hydrogens is 620 g/mol. The van der Waals surface area contributed by atoms with Gasteiger partial charge in [-0.1, -0.05) is 70.5 Å². The summed E-state index contributed by atoms with van der Waals surface area (Å²) in [6.45, 7) is 11.0. The molecule has 5 fully saturated rings. The first-order valence-corrected chi connectivity index (χ1v) is 19.8. The van der Waals surface area contributed by atoms with E-state index in [-0.39, 0.29) is 28.7 Å². The Morgan fingerprint density at radius 1 is 0.760 bits per heavy atom. The molecule has 0 spiro atoms. The van der Waals surface area contributed by atoms with Gasteiger partial charge in [0.2, 0.25) is 5.91 Å².